The SMILES string of the molecule is CC(=O)N[C@H]1[C@H](O[C@H]2[C@@H](O)[C@@H](CO)O[C@@H](O[C@H]3[C@@H](O)[C@@H](CO)O[C@@H](O[C@H]4[C@H](O)[C@@H](O)[C@H](O)O[C@@H]4CO)[C@@H]3O)[C@@H]2NC(C)=O)O[C@H](CO)[C@@H](O[C@@H]2O[C@H](CO)[C@H](O)[C@H](O[C@@H]3O[C@H](C(=O)O)[C@@H](O)[C@H](O)[C@H]3O)[C@H]2O)[C@@H]1O. The van der Waals surface area contributed by atoms with E-state index in [0.717, 1.165) is 13.8 Å². The van der Waals surface area contributed by atoms with E-state index in [1.165, 1.54) is 0 Å². The van der Waals surface area contributed by atoms with E-state index in [1.807, 2.05) is 0 Å². The number of carbonyl (C=O) groups is 3. The molecule has 428 valence electrons. The number of carboxylic acid groups (broad SMARTS) is 1. The van der Waals surface area contributed by atoms with E-state index in [-0.39, 0.29) is 0 Å². The highest BCUT2D eigenvalue weighted by atomic mass is 16.8. The Morgan fingerprint density at radius 1 is 0.365 bits per heavy atom. The Bertz CT molecular complexity index is 1830. The first-order valence-corrected chi connectivity index (χ1v) is 23.1. The summed E-state index contributed by atoms with van der Waals surface area (Å²) in [4.78, 5) is 37.2. The summed E-state index contributed by atoms with van der Waals surface area (Å²) in [5.41, 5.74) is 0. The van der Waals surface area contributed by atoms with E-state index < -0.39 is 235 Å². The third-order valence-corrected chi connectivity index (χ3v) is 13.2. The number of hydrogen-bond donors (Lipinski definition) is 20. The third kappa shape index (κ3) is 12.7. The van der Waals surface area contributed by atoms with Crippen LogP contribution in [-0.4, -0.2) is 327 Å². The molecular weight excluding hydrogens is 1020 g/mol. The van der Waals surface area contributed by atoms with Gasteiger partial charge in [-0.2, -0.15) is 0 Å². The molecule has 0 spiro atoms. The van der Waals surface area contributed by atoms with Crippen LogP contribution in [0.3, 0.4) is 0 Å². The monoisotopic (exact) mass is 1090 g/mol. The van der Waals surface area contributed by atoms with Crippen LogP contribution in [0.4, 0.5) is 0 Å². The van der Waals surface area contributed by atoms with Gasteiger partial charge in [-0.15, -0.1) is 0 Å². The van der Waals surface area contributed by atoms with Gasteiger partial charge >= 0.3 is 5.97 Å². The van der Waals surface area contributed by atoms with Crippen molar-refractivity contribution in [2.24, 2.45) is 0 Å². The van der Waals surface area contributed by atoms with E-state index >= 15 is 0 Å². The molecule has 0 aromatic rings. The van der Waals surface area contributed by atoms with Crippen LogP contribution in [0.5, 0.6) is 0 Å². The first-order valence-electron chi connectivity index (χ1n) is 23.1. The van der Waals surface area contributed by atoms with E-state index in [1.54, 1.807) is 0 Å². The van der Waals surface area contributed by atoms with Gasteiger partial charge in [-0.1, -0.05) is 0 Å². The van der Waals surface area contributed by atoms with Crippen molar-refractivity contribution in [1.82, 2.24) is 10.6 Å². The summed E-state index contributed by atoms with van der Waals surface area (Å²) < 4.78 is 62.1. The van der Waals surface area contributed by atoms with Gasteiger partial charge < -0.3 is 155 Å². The van der Waals surface area contributed by atoms with Crippen LogP contribution in [0.1, 0.15) is 13.8 Å². The molecule has 0 radical (unpaired) electrons. The number of nitrogens with one attached hydrogen (secondary N) is 2. The normalized spacial score (nSPS) is 49.2. The van der Waals surface area contributed by atoms with Gasteiger partial charge in [0, 0.05) is 13.8 Å². The number of aliphatic hydroxyl groups excluding tert-OH is 17. The van der Waals surface area contributed by atoms with Gasteiger partial charge in [-0.3, -0.25) is 9.59 Å². The summed E-state index contributed by atoms with van der Waals surface area (Å²) in [7, 11) is 0. The van der Waals surface area contributed by atoms with Crippen molar-refractivity contribution < 1.29 is 158 Å². The molecule has 20 N–H and O–H groups in total. The molecule has 0 aromatic heterocycles. The number of rotatable bonds is 18. The standard InChI is InChI=1S/C40H66N2O32/c1-8(48)41-15-20(53)28(69-39-27(60)32(19(52)12(5-45)66-39)73-38-25(58)21(54)22(55)33(74-38)34(61)62)14(7-47)68-36(15)71-30-16(42-9(2)49)37(65-10(3-43)17(30)50)72-31-18(51)11(4-44)67-40(26(31)59)70-29-13(6-46)64-35(63)24(57)23(29)56/h10-33,35-40,43-47,50-60,63H,3-7H2,1-2H3,(H,41,48)(H,42,49)(H,61,62)/t10-,11-,12-,13-,14-,15-,16-,17+,18+,19+,20-,21+,22+,23-,24-,25-,26-,27-,28-,29-,30-,31+,32+,33+,35-,36+,37+,38-,39+,40+/m1/s1. The van der Waals surface area contributed by atoms with E-state index in [4.69, 9.17) is 52.1 Å². The summed E-state index contributed by atoms with van der Waals surface area (Å²) in [6, 6.07) is -3.65. The molecule has 6 aliphatic rings. The number of carbonyl (C=O) groups excluding carboxylic acids is 2. The minimum Gasteiger partial charge on any atom is -0.479 e. The second kappa shape index (κ2) is 25.8. The van der Waals surface area contributed by atoms with Gasteiger partial charge in [0.25, 0.3) is 0 Å². The van der Waals surface area contributed by atoms with Crippen LogP contribution in [-0.2, 0) is 66.5 Å². The summed E-state index contributed by atoms with van der Waals surface area (Å²) in [5, 5.41) is 196. The lowest BCUT2D eigenvalue weighted by Crippen LogP contribution is -2.71. The van der Waals surface area contributed by atoms with Crippen LogP contribution in [0.15, 0.2) is 0 Å². The molecule has 30 atom stereocenters. The highest BCUT2D eigenvalue weighted by Gasteiger charge is 2.58. The number of amides is 2. The van der Waals surface area contributed by atoms with Gasteiger partial charge in [0.2, 0.25) is 11.8 Å². The maximum Gasteiger partial charge on any atom is 0.335 e. The van der Waals surface area contributed by atoms with Crippen molar-refractivity contribution in [3.63, 3.8) is 0 Å². The van der Waals surface area contributed by atoms with Crippen LogP contribution in [0.25, 0.3) is 0 Å². The molecule has 0 unspecified atom stereocenters. The molecule has 6 fully saturated rings. The Hall–Kier alpha value is -2.71. The molecule has 6 heterocycles. The van der Waals surface area contributed by atoms with Crippen molar-refractivity contribution in [3.8, 4) is 0 Å². The lowest BCUT2D eigenvalue weighted by atomic mass is 9.93. The molecule has 74 heavy (non-hydrogen) atoms. The zero-order chi connectivity index (χ0) is 54.8. The predicted molar refractivity (Wildman–Crippen MR) is 223 cm³/mol. The Morgan fingerprint density at radius 2 is 0.730 bits per heavy atom. The zero-order valence-electron chi connectivity index (χ0n) is 39.1. The fraction of sp³-hybridized carbons (Fsp3) is 0.925. The fourth-order valence-corrected chi connectivity index (χ4v) is 9.30. The van der Waals surface area contributed by atoms with Crippen LogP contribution in [0.2, 0.25) is 0 Å². The molecule has 6 rings (SSSR count). The minimum absolute atomic E-state index is 0.885. The summed E-state index contributed by atoms with van der Waals surface area (Å²) >= 11 is 0. The number of hydrogen-bond acceptors (Lipinski definition) is 31. The van der Waals surface area contributed by atoms with Gasteiger partial charge in [0.1, 0.15) is 140 Å². The topological polar surface area (TPSA) is 541 Å². The lowest BCUT2D eigenvalue weighted by Gasteiger charge is -2.51. The molecule has 6 saturated heterocycles. The van der Waals surface area contributed by atoms with E-state index in [2.05, 4.69) is 10.6 Å². The van der Waals surface area contributed by atoms with Gasteiger partial charge in [0.15, 0.2) is 43.8 Å². The van der Waals surface area contributed by atoms with Crippen molar-refractivity contribution in [2.75, 3.05) is 33.0 Å². The first kappa shape index (κ1) is 60.5. The highest BCUT2D eigenvalue weighted by molar-refractivity contribution is 5.74. The molecule has 6 aliphatic heterocycles. The highest BCUT2D eigenvalue weighted by Crippen LogP contribution is 2.37. The van der Waals surface area contributed by atoms with Crippen molar-refractivity contribution in [2.45, 2.75) is 198 Å². The smallest absolute Gasteiger partial charge is 0.335 e. The van der Waals surface area contributed by atoms with Crippen molar-refractivity contribution in [1.29, 1.82) is 0 Å². The average molecular weight is 1090 g/mol. The number of aliphatic carboxylic acids is 1. The zero-order valence-corrected chi connectivity index (χ0v) is 39.1. The Balaban J connectivity index is 1.25. The lowest BCUT2D eigenvalue weighted by molar-refractivity contribution is -0.383. The maximum absolute atomic E-state index is 12.8. The summed E-state index contributed by atoms with van der Waals surface area (Å²) in [5.74, 6) is -3.58. The quantitative estimate of drug-likeness (QED) is 0.0606. The molecule has 0 bridgehead atoms. The first-order chi connectivity index (χ1) is 34.9. The number of aliphatic hydroxyl groups is 17. The molecule has 0 aliphatic carbocycles. The molecule has 34 nitrogen and oxygen atoms in total. The molecule has 0 aromatic carbocycles. The summed E-state index contributed by atoms with van der Waals surface area (Å²) in [6.45, 7) is -3.13. The Morgan fingerprint density at radius 3 is 1.20 bits per heavy atom. The number of carboxylic acids is 1. The van der Waals surface area contributed by atoms with E-state index in [9.17, 15) is 106 Å². The minimum atomic E-state index is -2.24. The molecule has 34 heteroatoms. The van der Waals surface area contributed by atoms with Crippen LogP contribution < -0.4 is 10.6 Å². The van der Waals surface area contributed by atoms with Crippen LogP contribution in [0, 0.1) is 0 Å². The molecular formula is C40H66N2O32. The number of ether oxygens (including phenoxy) is 11. The Kier molecular flexibility index (Phi) is 21.1. The Labute approximate surface area is 417 Å². The van der Waals surface area contributed by atoms with Crippen molar-refractivity contribution in [3.05, 3.63) is 0 Å². The van der Waals surface area contributed by atoms with Crippen LogP contribution >= 0.6 is 0 Å². The van der Waals surface area contributed by atoms with Crippen molar-refractivity contribution >= 4 is 17.8 Å². The molecule has 0 saturated carbocycles. The largest absolute Gasteiger partial charge is 0.479 e. The second-order valence-electron chi connectivity index (χ2n) is 18.3. The maximum atomic E-state index is 12.8. The second-order valence-corrected chi connectivity index (χ2v) is 18.3. The fourth-order valence-electron chi connectivity index (χ4n) is 9.30. The third-order valence-electron chi connectivity index (χ3n) is 13.2. The average Bonchev–Trinajstić information content (AvgIpc) is 3.35. The van der Waals surface area contributed by atoms with Gasteiger partial charge in [-0.25, -0.2) is 4.79 Å². The summed E-state index contributed by atoms with van der Waals surface area (Å²) in [6.07, 6.45) is -55.8. The van der Waals surface area contributed by atoms with Gasteiger partial charge in [0.05, 0.1) is 33.0 Å². The van der Waals surface area contributed by atoms with Gasteiger partial charge in [-0.05, 0) is 0 Å². The molecule has 2 amide bonds. The van der Waals surface area contributed by atoms with E-state index in [0.29, 0.717) is 0 Å². The predicted octanol–water partition coefficient (Wildman–Crippen LogP) is -13.7.